The third-order valence-corrected chi connectivity index (χ3v) is 6.32. The maximum Gasteiger partial charge on any atom is 0.408 e. The third-order valence-electron chi connectivity index (χ3n) is 5.24. The number of hydrogen-bond donors (Lipinski definition) is 3. The van der Waals surface area contributed by atoms with Crippen LogP contribution in [0.15, 0.2) is 36.5 Å². The number of nitrogens with one attached hydrogen (secondary N) is 3. The molecule has 2 heterocycles. The number of nitrogens with zero attached hydrogens (tertiary/aromatic N) is 1. The van der Waals surface area contributed by atoms with Gasteiger partial charge in [0, 0.05) is 30.5 Å². The second kappa shape index (κ2) is 12.3. The summed E-state index contributed by atoms with van der Waals surface area (Å²) in [7, 11) is 0. The van der Waals surface area contributed by atoms with Crippen molar-refractivity contribution < 1.29 is 23.9 Å². The number of fused-ring (bicyclic) bond motifs is 2. The van der Waals surface area contributed by atoms with Gasteiger partial charge in [-0.25, -0.2) is 9.78 Å². The van der Waals surface area contributed by atoms with Crippen LogP contribution in [0.5, 0.6) is 0 Å². The van der Waals surface area contributed by atoms with Crippen molar-refractivity contribution in [2.45, 2.75) is 58.2 Å². The molecule has 34 heavy (non-hydrogen) atoms. The molecule has 2 bridgehead atoms. The van der Waals surface area contributed by atoms with Crippen LogP contribution in [0.2, 0.25) is 0 Å². The summed E-state index contributed by atoms with van der Waals surface area (Å²) in [6, 6.07) is 7.22. The lowest BCUT2D eigenvalue weighted by Gasteiger charge is -2.23. The lowest BCUT2D eigenvalue weighted by molar-refractivity contribution is -0.140. The van der Waals surface area contributed by atoms with E-state index in [0.717, 1.165) is 15.4 Å². The van der Waals surface area contributed by atoms with E-state index in [4.69, 9.17) is 4.74 Å². The fraction of sp³-hybridized carbons (Fsp3) is 0.458. The van der Waals surface area contributed by atoms with Gasteiger partial charge in [-0.3, -0.25) is 14.4 Å². The zero-order valence-electron chi connectivity index (χ0n) is 19.3. The van der Waals surface area contributed by atoms with Crippen LogP contribution in [0.25, 0.3) is 0 Å². The van der Waals surface area contributed by atoms with Gasteiger partial charge in [0.2, 0.25) is 11.7 Å². The van der Waals surface area contributed by atoms with Gasteiger partial charge in [0.25, 0.3) is 5.91 Å². The number of thiazole rings is 1. The van der Waals surface area contributed by atoms with Crippen molar-refractivity contribution >= 4 is 35.0 Å². The summed E-state index contributed by atoms with van der Waals surface area (Å²) in [5.41, 5.74) is 0.820. The second-order valence-corrected chi connectivity index (χ2v) is 9.80. The van der Waals surface area contributed by atoms with Gasteiger partial charge in [0.05, 0.1) is 5.01 Å². The molecule has 1 aromatic heterocycles. The highest BCUT2D eigenvalue weighted by atomic mass is 32.1. The van der Waals surface area contributed by atoms with Crippen LogP contribution < -0.4 is 16.0 Å². The summed E-state index contributed by atoms with van der Waals surface area (Å²) in [5, 5.41) is 8.80. The molecule has 3 rings (SSSR count). The first-order chi connectivity index (χ1) is 16.3. The molecule has 182 valence electrons. The van der Waals surface area contributed by atoms with Crippen LogP contribution in [0, 0.1) is 5.92 Å². The van der Waals surface area contributed by atoms with Gasteiger partial charge < -0.3 is 20.7 Å². The Morgan fingerprint density at radius 3 is 2.74 bits per heavy atom. The molecule has 0 saturated carbocycles. The molecule has 0 spiro atoms. The highest BCUT2D eigenvalue weighted by Gasteiger charge is 2.31. The summed E-state index contributed by atoms with van der Waals surface area (Å²) in [4.78, 5) is 55.8. The quantitative estimate of drug-likeness (QED) is 0.515. The fourth-order valence-corrected chi connectivity index (χ4v) is 4.55. The van der Waals surface area contributed by atoms with Crippen LogP contribution in [-0.4, -0.2) is 47.3 Å². The summed E-state index contributed by atoms with van der Waals surface area (Å²) in [6.45, 7) is 4.26. The topological polar surface area (TPSA) is 126 Å². The largest absolute Gasteiger partial charge is 0.445 e. The number of amides is 3. The van der Waals surface area contributed by atoms with Gasteiger partial charge in [-0.15, -0.1) is 11.3 Å². The SMILES string of the molecule is CC(C)CC(NC(=O)OCc1ccccc1)C(=O)NC1Cc2cnc(s2)CCCNC(=O)C1=O. The minimum Gasteiger partial charge on any atom is -0.445 e. The van der Waals surface area contributed by atoms with Gasteiger partial charge in [0.1, 0.15) is 18.7 Å². The van der Waals surface area contributed by atoms with E-state index in [2.05, 4.69) is 20.9 Å². The first-order valence-corrected chi connectivity index (χ1v) is 12.2. The number of ketones is 1. The van der Waals surface area contributed by atoms with Crippen LogP contribution in [-0.2, 0) is 38.6 Å². The molecule has 2 atom stereocenters. The summed E-state index contributed by atoms with van der Waals surface area (Å²) < 4.78 is 5.25. The zero-order valence-corrected chi connectivity index (χ0v) is 20.2. The second-order valence-electron chi connectivity index (χ2n) is 8.60. The van der Waals surface area contributed by atoms with Crippen molar-refractivity contribution in [1.29, 1.82) is 0 Å². The highest BCUT2D eigenvalue weighted by molar-refractivity contribution is 7.11. The number of hydrogen-bond acceptors (Lipinski definition) is 7. The number of Topliss-reactive ketones (excluding diaryl/α,β-unsaturated/α-hetero) is 1. The van der Waals surface area contributed by atoms with E-state index in [-0.39, 0.29) is 18.9 Å². The number of ether oxygens (including phenoxy) is 1. The minimum atomic E-state index is -1.06. The normalized spacial score (nSPS) is 17.3. The van der Waals surface area contributed by atoms with Crippen molar-refractivity contribution in [3.8, 4) is 0 Å². The van der Waals surface area contributed by atoms with Crippen molar-refractivity contribution in [2.24, 2.45) is 5.92 Å². The average molecular weight is 487 g/mol. The molecule has 1 aromatic carbocycles. The molecule has 0 aliphatic carbocycles. The van der Waals surface area contributed by atoms with E-state index in [1.807, 2.05) is 44.2 Å². The first-order valence-electron chi connectivity index (χ1n) is 11.3. The van der Waals surface area contributed by atoms with E-state index in [0.29, 0.717) is 25.8 Å². The average Bonchev–Trinajstić information content (AvgIpc) is 3.25. The number of carbonyl (C=O) groups is 4. The van der Waals surface area contributed by atoms with Gasteiger partial charge in [-0.2, -0.15) is 0 Å². The van der Waals surface area contributed by atoms with E-state index in [9.17, 15) is 19.2 Å². The Balaban J connectivity index is 1.68. The fourth-order valence-electron chi connectivity index (χ4n) is 3.54. The Morgan fingerprint density at radius 2 is 2.00 bits per heavy atom. The molecule has 10 heteroatoms. The molecule has 0 radical (unpaired) electrons. The first kappa shape index (κ1) is 25.4. The standard InChI is InChI=1S/C24H30N4O5S/c1-15(2)11-19(28-24(32)33-14-16-7-4-3-5-8-16)22(30)27-18-12-17-13-26-20(34-17)9-6-10-25-23(31)21(18)29/h3-5,7-8,13,15,18-19H,6,9-12,14H2,1-2H3,(H,25,31)(H,27,30)(H,28,32). The van der Waals surface area contributed by atoms with Crippen molar-refractivity contribution in [2.75, 3.05) is 6.54 Å². The molecule has 1 aliphatic heterocycles. The number of rotatable bonds is 7. The predicted octanol–water partition coefficient (Wildman–Crippen LogP) is 2.14. The third kappa shape index (κ3) is 7.65. The highest BCUT2D eigenvalue weighted by Crippen LogP contribution is 2.18. The Kier molecular flexibility index (Phi) is 9.15. The smallest absolute Gasteiger partial charge is 0.408 e. The Morgan fingerprint density at radius 1 is 1.24 bits per heavy atom. The number of carbonyl (C=O) groups excluding carboxylic acids is 4. The lowest BCUT2D eigenvalue weighted by atomic mass is 10.0. The molecule has 3 N–H and O–H groups in total. The van der Waals surface area contributed by atoms with Crippen LogP contribution in [0.4, 0.5) is 4.79 Å². The molecule has 9 nitrogen and oxygen atoms in total. The molecular formula is C24H30N4O5S. The summed E-state index contributed by atoms with van der Waals surface area (Å²) >= 11 is 1.47. The molecule has 1 aliphatic rings. The van der Waals surface area contributed by atoms with Crippen LogP contribution in [0.3, 0.4) is 0 Å². The lowest BCUT2D eigenvalue weighted by Crippen LogP contribution is -2.54. The maximum absolute atomic E-state index is 13.1. The summed E-state index contributed by atoms with van der Waals surface area (Å²) in [6.07, 6.45) is 2.82. The van der Waals surface area contributed by atoms with E-state index in [1.54, 1.807) is 6.20 Å². The van der Waals surface area contributed by atoms with E-state index in [1.165, 1.54) is 11.3 Å². The molecule has 0 saturated heterocycles. The number of aryl methyl sites for hydroxylation is 1. The monoisotopic (exact) mass is 486 g/mol. The molecule has 3 amide bonds. The van der Waals surface area contributed by atoms with Gasteiger partial charge in [0.15, 0.2) is 0 Å². The molecular weight excluding hydrogens is 456 g/mol. The Labute approximate surface area is 202 Å². The molecule has 0 fully saturated rings. The van der Waals surface area contributed by atoms with Gasteiger partial charge in [-0.05, 0) is 24.3 Å². The Bertz CT molecular complexity index is 1010. The van der Waals surface area contributed by atoms with Crippen molar-refractivity contribution in [3.05, 3.63) is 52.0 Å². The number of alkyl carbamates (subject to hydrolysis) is 1. The predicted molar refractivity (Wildman–Crippen MR) is 127 cm³/mol. The van der Waals surface area contributed by atoms with E-state index >= 15 is 0 Å². The number of benzene rings is 1. The summed E-state index contributed by atoms with van der Waals surface area (Å²) in [5.74, 6) is -1.91. The van der Waals surface area contributed by atoms with Crippen LogP contribution in [0.1, 0.15) is 42.1 Å². The van der Waals surface area contributed by atoms with Gasteiger partial charge >= 0.3 is 6.09 Å². The van der Waals surface area contributed by atoms with Crippen molar-refractivity contribution in [3.63, 3.8) is 0 Å². The minimum absolute atomic E-state index is 0.0671. The zero-order chi connectivity index (χ0) is 24.5. The van der Waals surface area contributed by atoms with Gasteiger partial charge in [-0.1, -0.05) is 44.2 Å². The van der Waals surface area contributed by atoms with Crippen LogP contribution >= 0.6 is 11.3 Å². The molecule has 2 unspecified atom stereocenters. The van der Waals surface area contributed by atoms with Crippen molar-refractivity contribution in [1.82, 2.24) is 20.9 Å². The van der Waals surface area contributed by atoms with E-state index < -0.39 is 35.8 Å². The Hall–Kier alpha value is -3.27. The number of aromatic nitrogens is 1. The maximum atomic E-state index is 13.1. The molecule has 2 aromatic rings.